The number of aromatic nitrogens is 6. The molecule has 3 N–H and O–H groups in total. The number of rotatable bonds is 7. The van der Waals surface area contributed by atoms with E-state index < -0.39 is 0 Å². The number of nitrogens with one attached hydrogen (secondary N) is 3. The minimum absolute atomic E-state index is 0.308. The summed E-state index contributed by atoms with van der Waals surface area (Å²) in [6.45, 7) is 1.48. The van der Waals surface area contributed by atoms with Gasteiger partial charge in [0.05, 0.1) is 28.8 Å². The summed E-state index contributed by atoms with van der Waals surface area (Å²) in [5.74, 6) is -0.308. The predicted octanol–water partition coefficient (Wildman–Crippen LogP) is 6.66. The third-order valence-electron chi connectivity index (χ3n) is 6.97. The van der Waals surface area contributed by atoms with E-state index in [1.165, 1.54) is 11.6 Å². The summed E-state index contributed by atoms with van der Waals surface area (Å²) in [4.78, 5) is 17.1. The molecule has 194 valence electrons. The monoisotopic (exact) mass is 525 g/mol. The lowest BCUT2D eigenvalue weighted by Gasteiger charge is -2.07. The molecule has 0 atom stereocenters. The summed E-state index contributed by atoms with van der Waals surface area (Å²) in [6, 6.07) is 25.0. The highest BCUT2D eigenvalue weighted by Crippen LogP contribution is 2.34. The Morgan fingerprint density at radius 1 is 0.725 bits per heavy atom. The van der Waals surface area contributed by atoms with Crippen molar-refractivity contribution in [1.29, 1.82) is 0 Å². The van der Waals surface area contributed by atoms with Crippen LogP contribution in [0.5, 0.6) is 0 Å². The van der Waals surface area contributed by atoms with Crippen molar-refractivity contribution < 1.29 is 4.39 Å². The Kier molecular flexibility index (Phi) is 6.07. The van der Waals surface area contributed by atoms with Gasteiger partial charge in [0.15, 0.2) is 0 Å². The number of halogens is 1. The average Bonchev–Trinajstić information content (AvgIpc) is 3.62. The fourth-order valence-electron chi connectivity index (χ4n) is 5.00. The Morgan fingerprint density at radius 2 is 1.55 bits per heavy atom. The topological polar surface area (TPSA) is 95.2 Å². The molecule has 0 aliphatic carbocycles. The lowest BCUT2D eigenvalue weighted by molar-refractivity contribution is 0.631. The first kappa shape index (κ1) is 23.9. The number of hydrogen-bond acceptors (Lipinski definition) is 5. The molecule has 5 aromatic heterocycles. The number of aromatic amines is 2. The molecule has 0 saturated heterocycles. The van der Waals surface area contributed by atoms with Gasteiger partial charge >= 0.3 is 0 Å². The quantitative estimate of drug-likeness (QED) is 0.216. The largest absolute Gasteiger partial charge is 0.353 e. The zero-order chi connectivity index (χ0) is 26.9. The molecular formula is C32H24FN7. The van der Waals surface area contributed by atoms with Gasteiger partial charge in [-0.1, -0.05) is 42.5 Å². The zero-order valence-electron chi connectivity index (χ0n) is 21.4. The van der Waals surface area contributed by atoms with Crippen molar-refractivity contribution in [1.82, 2.24) is 35.5 Å². The second-order valence-electron chi connectivity index (χ2n) is 9.64. The van der Waals surface area contributed by atoms with Crippen LogP contribution in [0.3, 0.4) is 0 Å². The van der Waals surface area contributed by atoms with Crippen molar-refractivity contribution in [2.45, 2.75) is 13.1 Å². The highest BCUT2D eigenvalue weighted by Gasteiger charge is 2.16. The van der Waals surface area contributed by atoms with Gasteiger partial charge in [0.1, 0.15) is 11.5 Å². The first-order valence-corrected chi connectivity index (χ1v) is 13.0. The molecule has 40 heavy (non-hydrogen) atoms. The lowest BCUT2D eigenvalue weighted by Crippen LogP contribution is -2.12. The average molecular weight is 526 g/mol. The SMILES string of the molecule is Fc1ccccc1-c1nccc2[nH]c(-c3n[nH]c4cnc(-c5cncc(CNCc6ccccc6)c5)cc34)cc12. The van der Waals surface area contributed by atoms with Gasteiger partial charge in [-0.05, 0) is 47.5 Å². The fraction of sp³-hybridized carbons (Fsp3) is 0.0625. The second kappa shape index (κ2) is 10.2. The van der Waals surface area contributed by atoms with E-state index in [0.29, 0.717) is 17.8 Å². The Morgan fingerprint density at radius 3 is 2.45 bits per heavy atom. The van der Waals surface area contributed by atoms with Crippen LogP contribution in [-0.4, -0.2) is 30.1 Å². The van der Waals surface area contributed by atoms with Crippen molar-refractivity contribution >= 4 is 21.8 Å². The molecule has 2 aromatic carbocycles. The third-order valence-corrected chi connectivity index (χ3v) is 6.97. The van der Waals surface area contributed by atoms with Crippen LogP contribution in [0.25, 0.3) is 55.7 Å². The first-order chi connectivity index (χ1) is 19.7. The highest BCUT2D eigenvalue weighted by atomic mass is 19.1. The van der Waals surface area contributed by atoms with Gasteiger partial charge in [0.25, 0.3) is 0 Å². The minimum atomic E-state index is -0.308. The maximum absolute atomic E-state index is 14.6. The number of pyridine rings is 3. The molecule has 0 fully saturated rings. The first-order valence-electron chi connectivity index (χ1n) is 13.0. The van der Waals surface area contributed by atoms with E-state index in [1.807, 2.05) is 54.9 Å². The lowest BCUT2D eigenvalue weighted by atomic mass is 10.1. The molecule has 8 heteroatoms. The van der Waals surface area contributed by atoms with Gasteiger partial charge in [-0.15, -0.1) is 0 Å². The molecule has 0 bridgehead atoms. The minimum Gasteiger partial charge on any atom is -0.353 e. The molecule has 7 nitrogen and oxygen atoms in total. The van der Waals surface area contributed by atoms with E-state index in [1.54, 1.807) is 24.5 Å². The molecule has 0 aliphatic rings. The number of fused-ring (bicyclic) bond motifs is 2. The summed E-state index contributed by atoms with van der Waals surface area (Å²) >= 11 is 0. The van der Waals surface area contributed by atoms with Crippen molar-refractivity contribution in [2.75, 3.05) is 0 Å². The summed E-state index contributed by atoms with van der Waals surface area (Å²) in [5.41, 5.74) is 8.32. The third kappa shape index (κ3) is 4.50. The van der Waals surface area contributed by atoms with E-state index in [-0.39, 0.29) is 5.82 Å². The Balaban J connectivity index is 1.21. The normalized spacial score (nSPS) is 11.4. The van der Waals surface area contributed by atoms with Crippen LogP contribution in [0.15, 0.2) is 104 Å². The molecule has 7 aromatic rings. The smallest absolute Gasteiger partial charge is 0.132 e. The fourth-order valence-corrected chi connectivity index (χ4v) is 5.00. The highest BCUT2D eigenvalue weighted by molar-refractivity contribution is 6.00. The van der Waals surface area contributed by atoms with Crippen LogP contribution >= 0.6 is 0 Å². The Labute approximate surface area is 229 Å². The summed E-state index contributed by atoms with van der Waals surface area (Å²) < 4.78 is 14.6. The van der Waals surface area contributed by atoms with Crippen LogP contribution in [-0.2, 0) is 13.1 Å². The summed E-state index contributed by atoms with van der Waals surface area (Å²) in [5, 5.41) is 12.9. The molecule has 0 amide bonds. The second-order valence-corrected chi connectivity index (χ2v) is 9.64. The molecule has 0 aliphatic heterocycles. The summed E-state index contributed by atoms with van der Waals surface area (Å²) in [7, 11) is 0. The van der Waals surface area contributed by atoms with Gasteiger partial charge in [-0.3, -0.25) is 20.1 Å². The van der Waals surface area contributed by atoms with E-state index >= 15 is 0 Å². The molecule has 0 saturated carbocycles. The van der Waals surface area contributed by atoms with Crippen LogP contribution < -0.4 is 5.32 Å². The van der Waals surface area contributed by atoms with Gasteiger partial charge < -0.3 is 10.3 Å². The van der Waals surface area contributed by atoms with E-state index in [4.69, 9.17) is 0 Å². The van der Waals surface area contributed by atoms with Crippen LogP contribution in [0.1, 0.15) is 11.1 Å². The molecule has 0 radical (unpaired) electrons. The van der Waals surface area contributed by atoms with Crippen molar-refractivity contribution in [3.63, 3.8) is 0 Å². The number of hydrogen-bond donors (Lipinski definition) is 3. The van der Waals surface area contributed by atoms with Gasteiger partial charge in [0, 0.05) is 59.1 Å². The van der Waals surface area contributed by atoms with Crippen LogP contribution in [0.2, 0.25) is 0 Å². The van der Waals surface area contributed by atoms with Crippen molar-refractivity contribution in [2.24, 2.45) is 0 Å². The molecule has 7 rings (SSSR count). The summed E-state index contributed by atoms with van der Waals surface area (Å²) in [6.07, 6.45) is 7.17. The van der Waals surface area contributed by atoms with Gasteiger partial charge in [-0.2, -0.15) is 5.10 Å². The van der Waals surface area contributed by atoms with E-state index in [2.05, 4.69) is 53.6 Å². The maximum atomic E-state index is 14.6. The molecule has 5 heterocycles. The van der Waals surface area contributed by atoms with Crippen LogP contribution in [0.4, 0.5) is 4.39 Å². The number of benzene rings is 2. The molecule has 0 unspecified atom stereocenters. The number of nitrogens with zero attached hydrogens (tertiary/aromatic N) is 4. The number of H-pyrrole nitrogens is 2. The van der Waals surface area contributed by atoms with Crippen molar-refractivity contribution in [3.05, 3.63) is 121 Å². The van der Waals surface area contributed by atoms with Gasteiger partial charge in [0.2, 0.25) is 0 Å². The molecular weight excluding hydrogens is 501 g/mol. The van der Waals surface area contributed by atoms with Crippen molar-refractivity contribution in [3.8, 4) is 33.9 Å². The maximum Gasteiger partial charge on any atom is 0.132 e. The van der Waals surface area contributed by atoms with Gasteiger partial charge in [-0.25, -0.2) is 4.39 Å². The Bertz CT molecular complexity index is 1960. The Hall–Kier alpha value is -5.21. The van der Waals surface area contributed by atoms with E-state index in [0.717, 1.165) is 56.6 Å². The predicted molar refractivity (Wildman–Crippen MR) is 155 cm³/mol. The van der Waals surface area contributed by atoms with Crippen LogP contribution in [0, 0.1) is 5.82 Å². The van der Waals surface area contributed by atoms with E-state index in [9.17, 15) is 4.39 Å². The standard InChI is InChI=1S/C32H24FN7/c33-26-9-5-4-8-23(26)31-24-14-29(38-27(24)10-11-36-31)32-25-13-28(37-19-30(25)39-40-32)22-12-21(17-35-18-22)16-34-15-20-6-2-1-3-7-20/h1-14,17-19,34,38H,15-16H2,(H,39,40). The zero-order valence-corrected chi connectivity index (χ0v) is 21.4. The molecule has 0 spiro atoms.